The quantitative estimate of drug-likeness (QED) is 0.499. The van der Waals surface area contributed by atoms with Gasteiger partial charge in [0.1, 0.15) is 12.6 Å². The van der Waals surface area contributed by atoms with Gasteiger partial charge in [-0.3, -0.25) is 14.7 Å². The minimum atomic E-state index is -0.179. The van der Waals surface area contributed by atoms with Crippen molar-refractivity contribution in [2.45, 2.75) is 19.5 Å². The van der Waals surface area contributed by atoms with E-state index in [0.717, 1.165) is 22.4 Å². The third-order valence-electron chi connectivity index (χ3n) is 5.59. The number of hydrogen-bond donors (Lipinski definition) is 1. The molecule has 2 aromatic heterocycles. The minimum Gasteiger partial charge on any atom is -0.350 e. The van der Waals surface area contributed by atoms with E-state index in [4.69, 9.17) is 0 Å². The molecule has 33 heavy (non-hydrogen) atoms. The van der Waals surface area contributed by atoms with Crippen molar-refractivity contribution in [3.8, 4) is 0 Å². The van der Waals surface area contributed by atoms with Gasteiger partial charge in [0, 0.05) is 18.9 Å². The largest absolute Gasteiger partial charge is 0.350 e. The van der Waals surface area contributed by atoms with Crippen LogP contribution in [0.5, 0.6) is 0 Å². The van der Waals surface area contributed by atoms with Crippen LogP contribution in [0.4, 0.5) is 5.95 Å². The highest BCUT2D eigenvalue weighted by Crippen LogP contribution is 2.36. The zero-order valence-electron chi connectivity index (χ0n) is 18.2. The fourth-order valence-corrected chi connectivity index (χ4v) is 3.89. The number of tetrazole rings is 1. The van der Waals surface area contributed by atoms with Crippen LogP contribution in [-0.4, -0.2) is 37.6 Å². The molecule has 0 unspecified atom stereocenters. The van der Waals surface area contributed by atoms with Gasteiger partial charge in [0.2, 0.25) is 5.91 Å². The summed E-state index contributed by atoms with van der Waals surface area (Å²) in [5.74, 6) is 0.392. The van der Waals surface area contributed by atoms with Crippen LogP contribution >= 0.6 is 0 Å². The molecule has 2 aromatic carbocycles. The van der Waals surface area contributed by atoms with Crippen molar-refractivity contribution in [1.82, 2.24) is 30.5 Å². The molecule has 0 bridgehead atoms. The summed E-state index contributed by atoms with van der Waals surface area (Å²) in [5.41, 5.74) is 5.06. The van der Waals surface area contributed by atoms with Gasteiger partial charge in [-0.1, -0.05) is 71.3 Å². The van der Waals surface area contributed by atoms with Crippen LogP contribution in [-0.2, 0) is 11.3 Å². The molecule has 8 heteroatoms. The first kappa shape index (κ1) is 20.6. The maximum absolute atomic E-state index is 12.9. The highest BCUT2D eigenvalue weighted by atomic mass is 16.2. The molecular formula is C25H23N7O. The van der Waals surface area contributed by atoms with Crippen molar-refractivity contribution in [3.05, 3.63) is 107 Å². The first-order chi connectivity index (χ1) is 16.2. The third-order valence-corrected chi connectivity index (χ3v) is 5.59. The van der Waals surface area contributed by atoms with Gasteiger partial charge >= 0.3 is 0 Å². The number of benzene rings is 2. The van der Waals surface area contributed by atoms with E-state index in [1.807, 2.05) is 35.2 Å². The van der Waals surface area contributed by atoms with E-state index in [1.54, 1.807) is 17.1 Å². The Kier molecular flexibility index (Phi) is 5.63. The van der Waals surface area contributed by atoms with Crippen molar-refractivity contribution in [2.24, 2.45) is 0 Å². The molecule has 1 aliphatic rings. The van der Waals surface area contributed by atoms with Gasteiger partial charge < -0.3 is 5.32 Å². The number of hydrogen-bond acceptors (Lipinski definition) is 6. The molecule has 3 heterocycles. The average Bonchev–Trinajstić information content (AvgIpc) is 3.35. The van der Waals surface area contributed by atoms with Crippen molar-refractivity contribution >= 4 is 17.6 Å². The highest BCUT2D eigenvalue weighted by molar-refractivity contribution is 5.89. The Hall–Kier alpha value is -4.33. The van der Waals surface area contributed by atoms with Gasteiger partial charge in [-0.25, -0.2) is 0 Å². The van der Waals surface area contributed by atoms with Gasteiger partial charge in [0.15, 0.2) is 0 Å². The third kappa shape index (κ3) is 4.36. The van der Waals surface area contributed by atoms with Gasteiger partial charge in [0.05, 0.1) is 5.70 Å². The SMILES string of the molecule is Cc1ccc(C2=C[C@H](c3ccccc3)n3nnnc3N2CC(=O)NCc2cccnc2)cc1. The van der Waals surface area contributed by atoms with E-state index >= 15 is 0 Å². The number of aryl methyl sites for hydroxylation is 1. The molecule has 1 N–H and O–H groups in total. The summed E-state index contributed by atoms with van der Waals surface area (Å²) in [5, 5.41) is 15.4. The molecule has 1 aliphatic heterocycles. The number of carbonyl (C=O) groups is 1. The summed E-state index contributed by atoms with van der Waals surface area (Å²) >= 11 is 0. The van der Waals surface area contributed by atoms with Crippen LogP contribution in [0.25, 0.3) is 5.70 Å². The first-order valence-electron chi connectivity index (χ1n) is 10.7. The van der Waals surface area contributed by atoms with Gasteiger partial charge in [-0.05, 0) is 46.2 Å². The van der Waals surface area contributed by atoms with E-state index in [-0.39, 0.29) is 18.5 Å². The normalized spacial score (nSPS) is 15.0. The van der Waals surface area contributed by atoms with Crippen LogP contribution < -0.4 is 10.2 Å². The molecule has 0 radical (unpaired) electrons. The Morgan fingerprint density at radius 2 is 1.85 bits per heavy atom. The lowest BCUT2D eigenvalue weighted by Crippen LogP contribution is -2.39. The van der Waals surface area contributed by atoms with Crippen molar-refractivity contribution < 1.29 is 4.79 Å². The Morgan fingerprint density at radius 1 is 1.03 bits per heavy atom. The molecule has 1 amide bonds. The second kappa shape index (κ2) is 9.04. The van der Waals surface area contributed by atoms with Crippen LogP contribution in [0.2, 0.25) is 0 Å². The molecule has 0 aliphatic carbocycles. The van der Waals surface area contributed by atoms with E-state index in [0.29, 0.717) is 12.5 Å². The summed E-state index contributed by atoms with van der Waals surface area (Å²) in [4.78, 5) is 18.9. The summed E-state index contributed by atoms with van der Waals surface area (Å²) in [6.45, 7) is 2.54. The summed E-state index contributed by atoms with van der Waals surface area (Å²) in [7, 11) is 0. The molecular weight excluding hydrogens is 414 g/mol. The van der Waals surface area contributed by atoms with Crippen LogP contribution in [0.3, 0.4) is 0 Å². The maximum atomic E-state index is 12.9. The number of rotatable bonds is 6. The van der Waals surface area contributed by atoms with E-state index in [2.05, 4.69) is 75.2 Å². The first-order valence-corrected chi connectivity index (χ1v) is 10.7. The summed E-state index contributed by atoms with van der Waals surface area (Å²) in [6, 6.07) is 21.9. The Bertz CT molecular complexity index is 1270. The van der Waals surface area contributed by atoms with Crippen LogP contribution in [0.1, 0.15) is 28.3 Å². The number of nitrogens with zero attached hydrogens (tertiary/aromatic N) is 6. The molecule has 0 spiro atoms. The van der Waals surface area contributed by atoms with Crippen molar-refractivity contribution in [2.75, 3.05) is 11.4 Å². The molecule has 164 valence electrons. The zero-order chi connectivity index (χ0) is 22.6. The predicted octanol–water partition coefficient (Wildman–Crippen LogP) is 3.14. The monoisotopic (exact) mass is 437 g/mol. The average molecular weight is 438 g/mol. The number of carbonyl (C=O) groups excluding carboxylic acids is 1. The van der Waals surface area contributed by atoms with E-state index < -0.39 is 0 Å². The number of nitrogens with one attached hydrogen (secondary N) is 1. The standard InChI is InChI=1S/C25H23N7O/c1-18-9-11-21(12-10-18)22-14-23(20-7-3-2-4-8-20)32-25(28-29-30-32)31(22)17-24(33)27-16-19-6-5-13-26-15-19/h2-15,23H,16-17H2,1H3,(H,27,33)/t23-/m1/s1. The highest BCUT2D eigenvalue weighted by Gasteiger charge is 2.31. The molecule has 0 saturated heterocycles. The molecule has 5 rings (SSSR count). The molecule has 8 nitrogen and oxygen atoms in total. The van der Waals surface area contributed by atoms with Gasteiger partial charge in [-0.15, -0.1) is 0 Å². The molecule has 0 saturated carbocycles. The van der Waals surface area contributed by atoms with Crippen molar-refractivity contribution in [1.29, 1.82) is 0 Å². The number of anilines is 1. The van der Waals surface area contributed by atoms with Gasteiger partial charge in [0.25, 0.3) is 5.95 Å². The number of fused-ring (bicyclic) bond motifs is 1. The smallest absolute Gasteiger partial charge is 0.251 e. The van der Waals surface area contributed by atoms with E-state index in [1.165, 1.54) is 5.56 Å². The lowest BCUT2D eigenvalue weighted by Gasteiger charge is -2.32. The fourth-order valence-electron chi connectivity index (χ4n) is 3.89. The Morgan fingerprint density at radius 3 is 2.61 bits per heavy atom. The molecule has 1 atom stereocenters. The predicted molar refractivity (Wildman–Crippen MR) is 125 cm³/mol. The zero-order valence-corrected chi connectivity index (χ0v) is 18.2. The minimum absolute atomic E-state index is 0.0852. The lowest BCUT2D eigenvalue weighted by molar-refractivity contribution is -0.119. The number of aromatic nitrogens is 5. The van der Waals surface area contributed by atoms with Gasteiger partial charge in [-0.2, -0.15) is 4.68 Å². The fraction of sp³-hybridized carbons (Fsp3) is 0.160. The number of pyridine rings is 1. The maximum Gasteiger partial charge on any atom is 0.251 e. The lowest BCUT2D eigenvalue weighted by atomic mass is 10.00. The second-order valence-electron chi connectivity index (χ2n) is 7.92. The Labute approximate surface area is 191 Å². The summed E-state index contributed by atoms with van der Waals surface area (Å²) in [6.07, 6.45) is 5.56. The molecule has 4 aromatic rings. The number of allylic oxidation sites excluding steroid dienone is 1. The molecule has 0 fully saturated rings. The van der Waals surface area contributed by atoms with E-state index in [9.17, 15) is 4.79 Å². The summed E-state index contributed by atoms with van der Waals surface area (Å²) < 4.78 is 1.75. The second-order valence-corrected chi connectivity index (χ2v) is 7.92. The van der Waals surface area contributed by atoms with Crippen LogP contribution in [0.15, 0.2) is 85.2 Å². The number of amides is 1. The topological polar surface area (TPSA) is 88.8 Å². The van der Waals surface area contributed by atoms with Crippen LogP contribution in [0, 0.1) is 6.92 Å². The Balaban J connectivity index is 1.48. The van der Waals surface area contributed by atoms with Crippen molar-refractivity contribution in [3.63, 3.8) is 0 Å².